The van der Waals surface area contributed by atoms with Gasteiger partial charge in [-0.05, 0) is 97.2 Å². The molecule has 0 radical (unpaired) electrons. The van der Waals surface area contributed by atoms with Gasteiger partial charge in [0.2, 0.25) is 0 Å². The summed E-state index contributed by atoms with van der Waals surface area (Å²) in [6.07, 6.45) is 7.25. The van der Waals surface area contributed by atoms with Crippen LogP contribution >= 0.6 is 0 Å². The number of rotatable bonds is 18. The normalized spacial score (nSPS) is 11.3. The molecular weight excluding hydrogens is 540 g/mol. The Labute approximate surface area is 258 Å². The van der Waals surface area contributed by atoms with Gasteiger partial charge < -0.3 is 18.9 Å². The van der Waals surface area contributed by atoms with Gasteiger partial charge in [0.25, 0.3) is 0 Å². The molecule has 1 atom stereocenters. The standard InChI is InChI=1S/C36H44O6.CH4/c1-5-35(37)41-25-8-6-7-24-39-32-17-15-30(16-18-32)29-11-13-31(14-12-29)36(38)42-34-21-19-33(20-22-34)40-26-23-28(4)10-9-27(2)3;/h5,11-22,27-28H,1,6-10,23-26H2,2-4H3;1H4/t28-;/m0./s1. The van der Waals surface area contributed by atoms with Gasteiger partial charge in [0.05, 0.1) is 25.4 Å². The molecule has 0 aliphatic rings. The SMILES string of the molecule is C.C=CC(=O)OCCCCCOc1ccc(-c2ccc(C(=O)Oc3ccc(OCC[C@@H](C)CCC(C)C)cc3)cc2)cc1. The van der Waals surface area contributed by atoms with E-state index in [0.717, 1.165) is 54.2 Å². The Morgan fingerprint density at radius 2 is 1.21 bits per heavy atom. The van der Waals surface area contributed by atoms with E-state index in [0.29, 0.717) is 37.1 Å². The van der Waals surface area contributed by atoms with Crippen molar-refractivity contribution in [2.24, 2.45) is 11.8 Å². The van der Waals surface area contributed by atoms with Crippen molar-refractivity contribution in [3.05, 3.63) is 91.0 Å². The van der Waals surface area contributed by atoms with Crippen LogP contribution in [0.3, 0.4) is 0 Å². The minimum atomic E-state index is -0.406. The summed E-state index contributed by atoms with van der Waals surface area (Å²) < 4.78 is 22.2. The van der Waals surface area contributed by atoms with E-state index in [1.165, 1.54) is 18.9 Å². The number of esters is 2. The summed E-state index contributed by atoms with van der Waals surface area (Å²) in [5.74, 6) is 2.63. The van der Waals surface area contributed by atoms with Crippen molar-refractivity contribution in [2.45, 2.75) is 66.7 Å². The summed E-state index contributed by atoms with van der Waals surface area (Å²) in [4.78, 5) is 23.7. The van der Waals surface area contributed by atoms with Crippen LogP contribution in [0.15, 0.2) is 85.5 Å². The number of hydrogen-bond donors (Lipinski definition) is 0. The molecular formula is C37H48O6. The van der Waals surface area contributed by atoms with Crippen molar-refractivity contribution in [2.75, 3.05) is 19.8 Å². The molecule has 0 aromatic heterocycles. The molecule has 0 saturated heterocycles. The lowest BCUT2D eigenvalue weighted by atomic mass is 9.97. The van der Waals surface area contributed by atoms with Crippen LogP contribution in [0.1, 0.15) is 77.1 Å². The van der Waals surface area contributed by atoms with Crippen LogP contribution in [0.5, 0.6) is 17.2 Å². The Morgan fingerprint density at radius 1 is 0.674 bits per heavy atom. The van der Waals surface area contributed by atoms with Crippen LogP contribution in [0.2, 0.25) is 0 Å². The van der Waals surface area contributed by atoms with E-state index < -0.39 is 5.97 Å². The van der Waals surface area contributed by atoms with Gasteiger partial charge in [-0.2, -0.15) is 0 Å². The minimum absolute atomic E-state index is 0. The van der Waals surface area contributed by atoms with E-state index in [1.54, 1.807) is 24.3 Å². The van der Waals surface area contributed by atoms with Gasteiger partial charge >= 0.3 is 11.9 Å². The van der Waals surface area contributed by atoms with Crippen molar-refractivity contribution in [1.29, 1.82) is 0 Å². The Hall–Kier alpha value is -4.06. The van der Waals surface area contributed by atoms with Crippen LogP contribution in [-0.4, -0.2) is 31.8 Å². The maximum absolute atomic E-state index is 12.7. The second-order valence-corrected chi connectivity index (χ2v) is 11.0. The van der Waals surface area contributed by atoms with Crippen molar-refractivity contribution >= 4 is 11.9 Å². The topological polar surface area (TPSA) is 71.1 Å². The lowest BCUT2D eigenvalue weighted by Gasteiger charge is -2.13. The molecule has 0 saturated carbocycles. The fourth-order valence-corrected chi connectivity index (χ4v) is 4.26. The van der Waals surface area contributed by atoms with Crippen molar-refractivity contribution in [3.8, 4) is 28.4 Å². The van der Waals surface area contributed by atoms with Crippen molar-refractivity contribution < 1.29 is 28.5 Å². The number of carbonyl (C=O) groups is 2. The Bertz CT molecular complexity index is 1230. The summed E-state index contributed by atoms with van der Waals surface area (Å²) in [5, 5.41) is 0. The lowest BCUT2D eigenvalue weighted by molar-refractivity contribution is -0.137. The molecule has 0 aliphatic carbocycles. The first-order chi connectivity index (χ1) is 20.3. The highest BCUT2D eigenvalue weighted by atomic mass is 16.5. The van der Waals surface area contributed by atoms with Gasteiger partial charge in [0.1, 0.15) is 17.2 Å². The molecule has 0 spiro atoms. The molecule has 6 heteroatoms. The minimum Gasteiger partial charge on any atom is -0.494 e. The van der Waals surface area contributed by atoms with Crippen LogP contribution < -0.4 is 14.2 Å². The van der Waals surface area contributed by atoms with Gasteiger partial charge in [-0.1, -0.05) is 71.9 Å². The average Bonchev–Trinajstić information content (AvgIpc) is 3.00. The quantitative estimate of drug-likeness (QED) is 0.0638. The molecule has 3 aromatic rings. The maximum Gasteiger partial charge on any atom is 0.343 e. The molecule has 232 valence electrons. The molecule has 0 heterocycles. The molecule has 3 rings (SSSR count). The maximum atomic E-state index is 12.7. The zero-order valence-electron chi connectivity index (χ0n) is 25.2. The first kappa shape index (κ1) is 35.1. The van der Waals surface area contributed by atoms with E-state index in [1.807, 2.05) is 48.5 Å². The van der Waals surface area contributed by atoms with E-state index in [-0.39, 0.29) is 13.4 Å². The zero-order chi connectivity index (χ0) is 30.2. The van der Waals surface area contributed by atoms with E-state index in [4.69, 9.17) is 18.9 Å². The largest absolute Gasteiger partial charge is 0.494 e. The fraction of sp³-hybridized carbons (Fsp3) is 0.405. The zero-order valence-corrected chi connectivity index (χ0v) is 25.2. The molecule has 0 amide bonds. The summed E-state index contributed by atoms with van der Waals surface area (Å²) >= 11 is 0. The highest BCUT2D eigenvalue weighted by molar-refractivity contribution is 5.91. The van der Waals surface area contributed by atoms with Crippen LogP contribution in [0.25, 0.3) is 11.1 Å². The summed E-state index contributed by atoms with van der Waals surface area (Å²) in [6.45, 7) is 11.8. The number of carbonyl (C=O) groups excluding carboxylic acids is 2. The predicted octanol–water partition coefficient (Wildman–Crippen LogP) is 9.33. The Kier molecular flexibility index (Phi) is 15.7. The van der Waals surface area contributed by atoms with Gasteiger partial charge in [0.15, 0.2) is 0 Å². The lowest BCUT2D eigenvalue weighted by Crippen LogP contribution is -2.08. The highest BCUT2D eigenvalue weighted by Crippen LogP contribution is 2.24. The van der Waals surface area contributed by atoms with Gasteiger partial charge in [0, 0.05) is 6.08 Å². The third kappa shape index (κ3) is 13.2. The van der Waals surface area contributed by atoms with Crippen molar-refractivity contribution in [1.82, 2.24) is 0 Å². The van der Waals surface area contributed by atoms with Crippen molar-refractivity contribution in [3.63, 3.8) is 0 Å². The van der Waals surface area contributed by atoms with Crippen LogP contribution in [0.4, 0.5) is 0 Å². The smallest absolute Gasteiger partial charge is 0.343 e. The number of unbranched alkanes of at least 4 members (excludes halogenated alkanes) is 2. The third-order valence-corrected chi connectivity index (χ3v) is 6.93. The summed E-state index contributed by atoms with van der Waals surface area (Å²) in [5.41, 5.74) is 2.50. The molecule has 3 aromatic carbocycles. The molecule has 43 heavy (non-hydrogen) atoms. The molecule has 6 nitrogen and oxygen atoms in total. The Balaban J connectivity index is 0.00000645. The molecule has 0 aliphatic heterocycles. The number of benzene rings is 3. The monoisotopic (exact) mass is 588 g/mol. The van der Waals surface area contributed by atoms with E-state index in [2.05, 4.69) is 27.4 Å². The van der Waals surface area contributed by atoms with Crippen LogP contribution in [0, 0.1) is 11.8 Å². The fourth-order valence-electron chi connectivity index (χ4n) is 4.26. The first-order valence-corrected chi connectivity index (χ1v) is 14.9. The number of hydrogen-bond acceptors (Lipinski definition) is 6. The number of ether oxygens (including phenoxy) is 4. The highest BCUT2D eigenvalue weighted by Gasteiger charge is 2.10. The Morgan fingerprint density at radius 3 is 1.81 bits per heavy atom. The molecule has 0 fully saturated rings. The average molecular weight is 589 g/mol. The van der Waals surface area contributed by atoms with E-state index >= 15 is 0 Å². The summed E-state index contributed by atoms with van der Waals surface area (Å²) in [6, 6.07) is 22.4. The molecule has 0 N–H and O–H groups in total. The second-order valence-electron chi connectivity index (χ2n) is 11.0. The van der Waals surface area contributed by atoms with E-state index in [9.17, 15) is 9.59 Å². The molecule has 0 unspecified atom stereocenters. The van der Waals surface area contributed by atoms with Crippen LogP contribution in [-0.2, 0) is 9.53 Å². The molecule has 0 bridgehead atoms. The second kappa shape index (κ2) is 19.2. The summed E-state index contributed by atoms with van der Waals surface area (Å²) in [7, 11) is 0. The van der Waals surface area contributed by atoms with Gasteiger partial charge in [-0.3, -0.25) is 0 Å². The van der Waals surface area contributed by atoms with Gasteiger partial charge in [-0.25, -0.2) is 9.59 Å². The third-order valence-electron chi connectivity index (χ3n) is 6.93. The van der Waals surface area contributed by atoms with Gasteiger partial charge in [-0.15, -0.1) is 0 Å². The predicted molar refractivity (Wildman–Crippen MR) is 174 cm³/mol. The first-order valence-electron chi connectivity index (χ1n) is 14.9.